The summed E-state index contributed by atoms with van der Waals surface area (Å²) in [5, 5.41) is 8.22. The maximum absolute atomic E-state index is 14.2. The van der Waals surface area contributed by atoms with Crippen molar-refractivity contribution in [2.75, 3.05) is 19.8 Å². The topological polar surface area (TPSA) is 108 Å². The van der Waals surface area contributed by atoms with Crippen LogP contribution >= 0.6 is 11.6 Å². The number of hydrogen-bond donors (Lipinski definition) is 2. The molecule has 170 valence electrons. The zero-order valence-electron chi connectivity index (χ0n) is 17.1. The minimum atomic E-state index is -0.894. The molecular formula is C22H18ClF2N5O3. The van der Waals surface area contributed by atoms with Crippen molar-refractivity contribution in [2.45, 2.75) is 12.1 Å². The van der Waals surface area contributed by atoms with E-state index in [-0.39, 0.29) is 18.4 Å². The van der Waals surface area contributed by atoms with E-state index in [1.54, 1.807) is 12.1 Å². The van der Waals surface area contributed by atoms with E-state index in [0.29, 0.717) is 52.3 Å². The van der Waals surface area contributed by atoms with E-state index in [1.807, 2.05) is 12.1 Å². The molecule has 33 heavy (non-hydrogen) atoms. The van der Waals surface area contributed by atoms with Crippen molar-refractivity contribution in [3.63, 3.8) is 0 Å². The zero-order valence-corrected chi connectivity index (χ0v) is 17.9. The van der Waals surface area contributed by atoms with Crippen LogP contribution < -0.4 is 10.5 Å². The number of hydrogen-bond acceptors (Lipinski definition) is 7. The molecule has 0 bridgehead atoms. The number of aromatic nitrogens is 4. The van der Waals surface area contributed by atoms with Crippen LogP contribution in [0.2, 0.25) is 5.02 Å². The third kappa shape index (κ3) is 4.25. The van der Waals surface area contributed by atoms with Crippen molar-refractivity contribution in [3.05, 3.63) is 64.8 Å². The van der Waals surface area contributed by atoms with E-state index in [4.69, 9.17) is 31.5 Å². The van der Waals surface area contributed by atoms with Gasteiger partial charge in [-0.25, -0.2) is 8.78 Å². The van der Waals surface area contributed by atoms with Crippen molar-refractivity contribution < 1.29 is 23.0 Å². The van der Waals surface area contributed by atoms with Crippen LogP contribution in [0, 0.1) is 11.6 Å². The summed E-state index contributed by atoms with van der Waals surface area (Å²) < 4.78 is 44.2. The van der Waals surface area contributed by atoms with Gasteiger partial charge >= 0.3 is 6.01 Å². The lowest BCUT2D eigenvalue weighted by Gasteiger charge is -2.28. The van der Waals surface area contributed by atoms with Crippen molar-refractivity contribution >= 4 is 22.6 Å². The molecule has 1 aliphatic rings. The van der Waals surface area contributed by atoms with Gasteiger partial charge in [0.05, 0.1) is 42.0 Å². The Labute approximate surface area is 191 Å². The molecule has 1 saturated heterocycles. The number of nitrogens with two attached hydrogens (primary N) is 1. The predicted molar refractivity (Wildman–Crippen MR) is 116 cm³/mol. The summed E-state index contributed by atoms with van der Waals surface area (Å²) in [7, 11) is 0. The summed E-state index contributed by atoms with van der Waals surface area (Å²) in [6.45, 7) is 1.13. The number of aromatic amines is 1. The Kier molecular flexibility index (Phi) is 5.90. The third-order valence-electron chi connectivity index (χ3n) is 5.21. The molecule has 2 aromatic carbocycles. The number of nitrogens with zero attached hydrogens (tertiary/aromatic N) is 3. The maximum Gasteiger partial charge on any atom is 0.324 e. The van der Waals surface area contributed by atoms with Gasteiger partial charge in [-0.1, -0.05) is 29.8 Å². The second-order valence-electron chi connectivity index (χ2n) is 7.35. The SMILES string of the molecule is NC(c1nc(Oc2ccc(F)cc2F)nc2[nH]nc(-c3ccccc3Cl)c12)C1COCCO1. The molecule has 2 unspecified atom stereocenters. The number of nitrogens with one attached hydrogen (secondary N) is 1. The molecule has 3 heterocycles. The molecule has 2 aromatic heterocycles. The van der Waals surface area contributed by atoms with Crippen molar-refractivity contribution in [3.8, 4) is 23.0 Å². The first kappa shape index (κ1) is 21.7. The Morgan fingerprint density at radius 2 is 2.00 bits per heavy atom. The fourth-order valence-corrected chi connectivity index (χ4v) is 3.84. The van der Waals surface area contributed by atoms with E-state index in [2.05, 4.69) is 20.2 Å². The number of ether oxygens (including phenoxy) is 3. The first-order valence-corrected chi connectivity index (χ1v) is 10.5. The van der Waals surface area contributed by atoms with Crippen LogP contribution in [0.5, 0.6) is 11.8 Å². The van der Waals surface area contributed by atoms with Gasteiger partial charge in [0.1, 0.15) is 17.6 Å². The van der Waals surface area contributed by atoms with Crippen LogP contribution in [0.3, 0.4) is 0 Å². The monoisotopic (exact) mass is 473 g/mol. The highest BCUT2D eigenvalue weighted by atomic mass is 35.5. The number of fused-ring (bicyclic) bond motifs is 1. The first-order valence-electron chi connectivity index (χ1n) is 10.1. The Hall–Kier alpha value is -3.18. The van der Waals surface area contributed by atoms with Gasteiger partial charge in [0.25, 0.3) is 0 Å². The van der Waals surface area contributed by atoms with Gasteiger partial charge in [-0.05, 0) is 18.2 Å². The molecule has 5 rings (SSSR count). The van der Waals surface area contributed by atoms with E-state index in [0.717, 1.165) is 12.1 Å². The molecule has 8 nitrogen and oxygen atoms in total. The van der Waals surface area contributed by atoms with E-state index < -0.39 is 23.8 Å². The highest BCUT2D eigenvalue weighted by Crippen LogP contribution is 2.36. The molecule has 0 amide bonds. The van der Waals surface area contributed by atoms with Crippen LogP contribution in [-0.2, 0) is 9.47 Å². The summed E-state index contributed by atoms with van der Waals surface area (Å²) >= 11 is 6.40. The lowest BCUT2D eigenvalue weighted by Crippen LogP contribution is -2.38. The summed E-state index contributed by atoms with van der Waals surface area (Å²) in [5.74, 6) is -1.86. The molecule has 0 radical (unpaired) electrons. The van der Waals surface area contributed by atoms with Gasteiger partial charge in [-0.15, -0.1) is 0 Å². The normalized spacial score (nSPS) is 17.3. The number of H-pyrrole nitrogens is 1. The van der Waals surface area contributed by atoms with Gasteiger partial charge in [-0.2, -0.15) is 15.1 Å². The molecule has 0 aliphatic carbocycles. The van der Waals surface area contributed by atoms with Crippen LogP contribution in [0.1, 0.15) is 11.7 Å². The van der Waals surface area contributed by atoms with Gasteiger partial charge in [0.15, 0.2) is 17.2 Å². The first-order chi connectivity index (χ1) is 16.0. The highest BCUT2D eigenvalue weighted by Gasteiger charge is 2.30. The van der Waals surface area contributed by atoms with Crippen LogP contribution in [-0.4, -0.2) is 46.1 Å². The Bertz CT molecular complexity index is 1310. The second kappa shape index (κ2) is 8.99. The predicted octanol–water partition coefficient (Wildman–Crippen LogP) is 4.16. The number of benzene rings is 2. The largest absolute Gasteiger partial charge is 0.421 e. The van der Waals surface area contributed by atoms with Crippen LogP contribution in [0.4, 0.5) is 8.78 Å². The van der Waals surface area contributed by atoms with Gasteiger partial charge < -0.3 is 19.9 Å². The van der Waals surface area contributed by atoms with E-state index in [9.17, 15) is 8.78 Å². The zero-order chi connectivity index (χ0) is 22.9. The van der Waals surface area contributed by atoms with Crippen LogP contribution in [0.15, 0.2) is 42.5 Å². The number of rotatable bonds is 5. The Morgan fingerprint density at radius 1 is 1.15 bits per heavy atom. The molecule has 3 N–H and O–H groups in total. The summed E-state index contributed by atoms with van der Waals surface area (Å²) in [6, 6.07) is 9.19. The lowest BCUT2D eigenvalue weighted by molar-refractivity contribution is -0.0978. The minimum absolute atomic E-state index is 0.190. The van der Waals surface area contributed by atoms with Crippen molar-refractivity contribution in [2.24, 2.45) is 5.73 Å². The molecule has 11 heteroatoms. The van der Waals surface area contributed by atoms with Gasteiger partial charge in [-0.3, -0.25) is 5.10 Å². The van der Waals surface area contributed by atoms with Gasteiger partial charge in [0, 0.05) is 11.6 Å². The fraction of sp³-hybridized carbons (Fsp3) is 0.227. The molecule has 1 fully saturated rings. The molecular weight excluding hydrogens is 456 g/mol. The van der Waals surface area contributed by atoms with E-state index >= 15 is 0 Å². The summed E-state index contributed by atoms with van der Waals surface area (Å²) in [5.41, 5.74) is 8.36. The number of halogens is 3. The average Bonchev–Trinajstić information content (AvgIpc) is 3.24. The molecule has 1 aliphatic heterocycles. The highest BCUT2D eigenvalue weighted by molar-refractivity contribution is 6.33. The maximum atomic E-state index is 14.2. The van der Waals surface area contributed by atoms with Crippen LogP contribution in [0.25, 0.3) is 22.3 Å². The molecule has 4 aromatic rings. The molecule has 0 spiro atoms. The summed E-state index contributed by atoms with van der Waals surface area (Å²) in [6.07, 6.45) is -0.485. The Morgan fingerprint density at radius 3 is 2.76 bits per heavy atom. The quantitative estimate of drug-likeness (QED) is 0.448. The third-order valence-corrected chi connectivity index (χ3v) is 5.54. The molecule has 0 saturated carbocycles. The fourth-order valence-electron chi connectivity index (χ4n) is 3.62. The average molecular weight is 474 g/mol. The minimum Gasteiger partial charge on any atom is -0.421 e. The standard InChI is InChI=1S/C22H18ClF2N5O3/c23-13-4-2-1-3-12(13)19-17-20(18(26)16-10-31-7-8-32-16)27-22(28-21(17)30-29-19)33-15-6-5-11(24)9-14(15)25/h1-6,9,16,18H,7-8,10,26H2,(H,27,28,29,30). The smallest absolute Gasteiger partial charge is 0.324 e. The molecule has 2 atom stereocenters. The Balaban J connectivity index is 1.64. The summed E-state index contributed by atoms with van der Waals surface area (Å²) in [4.78, 5) is 8.78. The lowest BCUT2D eigenvalue weighted by atomic mass is 10.0. The van der Waals surface area contributed by atoms with E-state index in [1.165, 1.54) is 0 Å². The van der Waals surface area contributed by atoms with Crippen molar-refractivity contribution in [1.29, 1.82) is 0 Å². The van der Waals surface area contributed by atoms with Gasteiger partial charge in [0.2, 0.25) is 0 Å². The second-order valence-corrected chi connectivity index (χ2v) is 7.76. The van der Waals surface area contributed by atoms with Crippen molar-refractivity contribution in [1.82, 2.24) is 20.2 Å².